The lowest BCUT2D eigenvalue weighted by Gasteiger charge is -2.38. The highest BCUT2D eigenvalue weighted by molar-refractivity contribution is 4.77. The molecular formula is C10H23N3. The minimum atomic E-state index is 0.340. The molecule has 0 aromatic heterocycles. The van der Waals surface area contributed by atoms with E-state index in [9.17, 15) is 0 Å². The first-order chi connectivity index (χ1) is 6.09. The van der Waals surface area contributed by atoms with Crippen LogP contribution in [-0.4, -0.2) is 55.1 Å². The zero-order valence-electron chi connectivity index (χ0n) is 9.16. The Kier molecular flexibility index (Phi) is 4.16. The minimum Gasteiger partial charge on any atom is -0.328 e. The van der Waals surface area contributed by atoms with Crippen molar-refractivity contribution in [1.29, 1.82) is 0 Å². The third-order valence-corrected chi connectivity index (χ3v) is 2.84. The van der Waals surface area contributed by atoms with Crippen LogP contribution in [0.15, 0.2) is 0 Å². The summed E-state index contributed by atoms with van der Waals surface area (Å²) in [6.07, 6.45) is 1.12. The van der Waals surface area contributed by atoms with Crippen molar-refractivity contribution in [3.63, 3.8) is 0 Å². The second kappa shape index (κ2) is 4.94. The van der Waals surface area contributed by atoms with E-state index in [0.717, 1.165) is 13.0 Å². The van der Waals surface area contributed by atoms with E-state index in [-0.39, 0.29) is 0 Å². The van der Waals surface area contributed by atoms with Gasteiger partial charge in [-0.3, -0.25) is 4.90 Å². The molecule has 1 heterocycles. The van der Waals surface area contributed by atoms with Gasteiger partial charge in [0.05, 0.1) is 0 Å². The Bertz CT molecular complexity index is 147. The van der Waals surface area contributed by atoms with Crippen molar-refractivity contribution >= 4 is 0 Å². The Morgan fingerprint density at radius 1 is 1.46 bits per heavy atom. The van der Waals surface area contributed by atoms with E-state index in [4.69, 9.17) is 5.73 Å². The van der Waals surface area contributed by atoms with Crippen LogP contribution >= 0.6 is 0 Å². The summed E-state index contributed by atoms with van der Waals surface area (Å²) in [5.41, 5.74) is 5.75. The fourth-order valence-corrected chi connectivity index (χ4v) is 1.88. The minimum absolute atomic E-state index is 0.340. The number of hydrogen-bond donors (Lipinski definition) is 1. The normalized spacial score (nSPS) is 29.1. The van der Waals surface area contributed by atoms with Gasteiger partial charge in [0.2, 0.25) is 0 Å². The highest BCUT2D eigenvalue weighted by Crippen LogP contribution is 2.08. The van der Waals surface area contributed by atoms with E-state index >= 15 is 0 Å². The maximum atomic E-state index is 5.75. The fraction of sp³-hybridized carbons (Fsp3) is 1.00. The van der Waals surface area contributed by atoms with Gasteiger partial charge in [-0.2, -0.15) is 0 Å². The molecule has 2 atom stereocenters. The zero-order valence-corrected chi connectivity index (χ0v) is 9.16. The maximum Gasteiger partial charge on any atom is 0.0195 e. The molecule has 0 bridgehead atoms. The van der Waals surface area contributed by atoms with Crippen molar-refractivity contribution in [3.8, 4) is 0 Å². The lowest BCUT2D eigenvalue weighted by atomic mass is 10.1. The number of nitrogens with two attached hydrogens (primary N) is 1. The van der Waals surface area contributed by atoms with Crippen molar-refractivity contribution < 1.29 is 0 Å². The van der Waals surface area contributed by atoms with E-state index in [1.54, 1.807) is 0 Å². The van der Waals surface area contributed by atoms with E-state index in [1.807, 2.05) is 0 Å². The second-order valence-corrected chi connectivity index (χ2v) is 4.41. The van der Waals surface area contributed by atoms with Crippen LogP contribution in [0, 0.1) is 0 Å². The molecule has 1 aliphatic heterocycles. The molecule has 0 aliphatic carbocycles. The van der Waals surface area contributed by atoms with Crippen LogP contribution in [0.1, 0.15) is 20.3 Å². The molecule has 3 nitrogen and oxygen atoms in total. The van der Waals surface area contributed by atoms with Crippen LogP contribution in [-0.2, 0) is 0 Å². The predicted molar refractivity (Wildman–Crippen MR) is 56.8 cm³/mol. The average molecular weight is 185 g/mol. The Labute approximate surface area is 81.9 Å². The van der Waals surface area contributed by atoms with E-state index < -0.39 is 0 Å². The van der Waals surface area contributed by atoms with Gasteiger partial charge in [-0.15, -0.1) is 0 Å². The molecule has 1 aliphatic rings. The summed E-state index contributed by atoms with van der Waals surface area (Å²) in [7, 11) is 2.19. The van der Waals surface area contributed by atoms with Gasteiger partial charge in [-0.25, -0.2) is 0 Å². The van der Waals surface area contributed by atoms with Gasteiger partial charge in [0.25, 0.3) is 0 Å². The molecular weight excluding hydrogens is 162 g/mol. The average Bonchev–Trinajstić information content (AvgIpc) is 2.02. The van der Waals surface area contributed by atoms with Gasteiger partial charge in [0.1, 0.15) is 0 Å². The Balaban J connectivity index is 2.25. The van der Waals surface area contributed by atoms with Gasteiger partial charge in [0, 0.05) is 31.7 Å². The summed E-state index contributed by atoms with van der Waals surface area (Å²) in [5, 5.41) is 0. The lowest BCUT2D eigenvalue weighted by Crippen LogP contribution is -2.51. The molecule has 2 N–H and O–H groups in total. The van der Waals surface area contributed by atoms with Crippen LogP contribution in [0.5, 0.6) is 0 Å². The molecule has 1 saturated heterocycles. The molecule has 3 heteroatoms. The third-order valence-electron chi connectivity index (χ3n) is 2.84. The first-order valence-electron chi connectivity index (χ1n) is 5.27. The smallest absolute Gasteiger partial charge is 0.0195 e. The third kappa shape index (κ3) is 3.63. The van der Waals surface area contributed by atoms with E-state index in [2.05, 4.69) is 30.7 Å². The standard InChI is InChI=1S/C10H23N3/c1-9(11)4-5-13-7-6-12(3)8-10(13)2/h9-10H,4-8,11H2,1-3H3. The molecule has 0 radical (unpaired) electrons. The van der Waals surface area contributed by atoms with E-state index in [0.29, 0.717) is 12.1 Å². The van der Waals surface area contributed by atoms with Crippen LogP contribution in [0.25, 0.3) is 0 Å². The molecule has 0 aromatic carbocycles. The molecule has 0 saturated carbocycles. The Morgan fingerprint density at radius 2 is 2.15 bits per heavy atom. The zero-order chi connectivity index (χ0) is 9.84. The number of piperazine rings is 1. The molecule has 1 rings (SSSR count). The van der Waals surface area contributed by atoms with Gasteiger partial charge in [-0.05, 0) is 33.9 Å². The summed E-state index contributed by atoms with van der Waals surface area (Å²) in [5.74, 6) is 0. The van der Waals surface area contributed by atoms with Crippen LogP contribution in [0.4, 0.5) is 0 Å². The van der Waals surface area contributed by atoms with Crippen molar-refractivity contribution in [3.05, 3.63) is 0 Å². The number of rotatable bonds is 3. The van der Waals surface area contributed by atoms with Crippen molar-refractivity contribution in [2.24, 2.45) is 5.73 Å². The van der Waals surface area contributed by atoms with Gasteiger partial charge < -0.3 is 10.6 Å². The Hall–Kier alpha value is -0.120. The van der Waals surface area contributed by atoms with Gasteiger partial charge >= 0.3 is 0 Å². The van der Waals surface area contributed by atoms with Crippen molar-refractivity contribution in [2.45, 2.75) is 32.4 Å². The maximum absolute atomic E-state index is 5.75. The largest absolute Gasteiger partial charge is 0.328 e. The van der Waals surface area contributed by atoms with Crippen LogP contribution < -0.4 is 5.73 Å². The van der Waals surface area contributed by atoms with Gasteiger partial charge in [0.15, 0.2) is 0 Å². The summed E-state index contributed by atoms with van der Waals surface area (Å²) in [6, 6.07) is 1.03. The van der Waals surface area contributed by atoms with Crippen LogP contribution in [0.3, 0.4) is 0 Å². The topological polar surface area (TPSA) is 32.5 Å². The highest BCUT2D eigenvalue weighted by Gasteiger charge is 2.20. The first-order valence-corrected chi connectivity index (χ1v) is 5.27. The lowest BCUT2D eigenvalue weighted by molar-refractivity contribution is 0.0977. The summed E-state index contributed by atoms with van der Waals surface area (Å²) < 4.78 is 0. The molecule has 1 fully saturated rings. The molecule has 13 heavy (non-hydrogen) atoms. The molecule has 78 valence electrons. The molecule has 2 unspecified atom stereocenters. The number of nitrogens with zero attached hydrogens (tertiary/aromatic N) is 2. The Morgan fingerprint density at radius 3 is 2.69 bits per heavy atom. The monoisotopic (exact) mass is 185 g/mol. The first kappa shape index (κ1) is 11.0. The molecule has 0 amide bonds. The fourth-order valence-electron chi connectivity index (χ4n) is 1.88. The number of hydrogen-bond acceptors (Lipinski definition) is 3. The van der Waals surface area contributed by atoms with Gasteiger partial charge in [-0.1, -0.05) is 0 Å². The SMILES string of the molecule is CC(N)CCN1CCN(C)CC1C. The predicted octanol–water partition coefficient (Wildman–Crippen LogP) is 0.360. The summed E-state index contributed by atoms with van der Waals surface area (Å²) in [4.78, 5) is 4.94. The highest BCUT2D eigenvalue weighted by atomic mass is 15.3. The quantitative estimate of drug-likeness (QED) is 0.689. The number of likely N-dealkylation sites (N-methyl/N-ethyl adjacent to an activating group) is 1. The summed E-state index contributed by atoms with van der Waals surface area (Å²) >= 11 is 0. The molecule has 0 aromatic rings. The molecule has 0 spiro atoms. The summed E-state index contributed by atoms with van der Waals surface area (Å²) in [6.45, 7) is 9.14. The van der Waals surface area contributed by atoms with Crippen LogP contribution in [0.2, 0.25) is 0 Å². The van der Waals surface area contributed by atoms with Crippen molar-refractivity contribution in [2.75, 3.05) is 33.2 Å². The second-order valence-electron chi connectivity index (χ2n) is 4.41. The van der Waals surface area contributed by atoms with Crippen molar-refractivity contribution in [1.82, 2.24) is 9.80 Å². The van der Waals surface area contributed by atoms with E-state index in [1.165, 1.54) is 19.6 Å².